The van der Waals surface area contributed by atoms with Crippen LogP contribution in [0.3, 0.4) is 0 Å². The van der Waals surface area contributed by atoms with Crippen LogP contribution in [0.5, 0.6) is 0 Å². The van der Waals surface area contributed by atoms with Crippen LogP contribution in [0.1, 0.15) is 64.5 Å². The lowest BCUT2D eigenvalue weighted by atomic mass is 9.82. The minimum atomic E-state index is -1.78. The summed E-state index contributed by atoms with van der Waals surface area (Å²) in [5, 5.41) is 0.202. The van der Waals surface area contributed by atoms with Gasteiger partial charge in [-0.2, -0.15) is 0 Å². The molecule has 0 N–H and O–H groups in total. The maximum absolute atomic E-state index is 14.4. The molecule has 0 bridgehead atoms. The number of carbonyl (C=O) groups is 1. The van der Waals surface area contributed by atoms with Crippen LogP contribution in [0.2, 0.25) is 18.1 Å². The van der Waals surface area contributed by atoms with Gasteiger partial charge in [0, 0.05) is 24.0 Å². The molecule has 162 valence electrons. The van der Waals surface area contributed by atoms with E-state index in [1.54, 1.807) is 18.6 Å². The Morgan fingerprint density at radius 3 is 2.60 bits per heavy atom. The number of rotatable bonds is 5. The van der Waals surface area contributed by atoms with E-state index < -0.39 is 8.32 Å². The highest BCUT2D eigenvalue weighted by Crippen LogP contribution is 2.44. The van der Waals surface area contributed by atoms with Crippen molar-refractivity contribution in [2.45, 2.75) is 83.2 Å². The van der Waals surface area contributed by atoms with Gasteiger partial charge in [-0.25, -0.2) is 9.37 Å². The molecular weight excluding hydrogens is 395 g/mol. The highest BCUT2D eigenvalue weighted by Gasteiger charge is 2.41. The summed E-state index contributed by atoms with van der Waals surface area (Å²) in [6.45, 7) is 11.4. The molecule has 1 saturated carbocycles. The topological polar surface area (TPSA) is 44.1 Å². The van der Waals surface area contributed by atoms with Gasteiger partial charge in [-0.3, -0.25) is 4.79 Å². The number of fused-ring (bicyclic) bond motifs is 3. The number of hydrogen-bond donors (Lipinski definition) is 0. The van der Waals surface area contributed by atoms with Crippen molar-refractivity contribution in [3.63, 3.8) is 0 Å². The molecule has 6 heteroatoms. The van der Waals surface area contributed by atoms with Crippen LogP contribution < -0.4 is 0 Å². The van der Waals surface area contributed by atoms with E-state index in [0.29, 0.717) is 12.0 Å². The number of nitrogens with zero attached hydrogens (tertiary/aromatic N) is 2. The average Bonchev–Trinajstić information content (AvgIpc) is 3.24. The normalized spacial score (nSPS) is 23.9. The molecular formula is C24H33FN2O2Si. The summed E-state index contributed by atoms with van der Waals surface area (Å²) in [6.07, 6.45) is 7.76. The van der Waals surface area contributed by atoms with Crippen molar-refractivity contribution in [3.05, 3.63) is 42.1 Å². The molecule has 4 nitrogen and oxygen atoms in total. The first-order valence-corrected chi connectivity index (χ1v) is 14.0. The molecule has 1 aromatic heterocycles. The zero-order valence-electron chi connectivity index (χ0n) is 18.7. The predicted molar refractivity (Wildman–Crippen MR) is 119 cm³/mol. The molecule has 1 fully saturated rings. The molecule has 1 aliphatic carbocycles. The lowest BCUT2D eigenvalue weighted by Gasteiger charge is -2.41. The van der Waals surface area contributed by atoms with Crippen molar-refractivity contribution in [3.8, 4) is 11.3 Å². The molecule has 0 spiro atoms. The summed E-state index contributed by atoms with van der Waals surface area (Å²) in [5.74, 6) is 0.115. The molecule has 1 aliphatic heterocycles. The Morgan fingerprint density at radius 2 is 1.93 bits per heavy atom. The third-order valence-corrected chi connectivity index (χ3v) is 12.0. The number of aromatic nitrogens is 2. The SMILES string of the molecule is CC(C)(C)[Si](C)(C)OC1CCC(C(=O)CC2c3cccc(F)c3-c3cncn32)CC1. The van der Waals surface area contributed by atoms with Gasteiger partial charge in [0.1, 0.15) is 11.6 Å². The maximum atomic E-state index is 14.4. The molecule has 1 atom stereocenters. The second-order valence-electron chi connectivity index (χ2n) is 10.4. The average molecular weight is 429 g/mol. The number of imidazole rings is 1. The first-order chi connectivity index (χ1) is 14.1. The lowest BCUT2D eigenvalue weighted by molar-refractivity contribution is -0.124. The fourth-order valence-corrected chi connectivity index (χ4v) is 6.07. The minimum absolute atomic E-state index is 0.0776. The molecule has 2 aromatic rings. The van der Waals surface area contributed by atoms with Crippen LogP contribution in [0.15, 0.2) is 30.7 Å². The summed E-state index contributed by atoms with van der Waals surface area (Å²) < 4.78 is 23.0. The largest absolute Gasteiger partial charge is 0.414 e. The van der Waals surface area contributed by atoms with Crippen molar-refractivity contribution in [2.75, 3.05) is 0 Å². The maximum Gasteiger partial charge on any atom is 0.192 e. The monoisotopic (exact) mass is 428 g/mol. The number of halogens is 1. The molecule has 4 rings (SSSR count). The smallest absolute Gasteiger partial charge is 0.192 e. The van der Waals surface area contributed by atoms with Crippen LogP contribution in [0.25, 0.3) is 11.3 Å². The van der Waals surface area contributed by atoms with Crippen LogP contribution in [-0.2, 0) is 9.22 Å². The lowest BCUT2D eigenvalue weighted by Crippen LogP contribution is -2.45. The number of Topliss-reactive ketones (excluding diaryl/α,β-unsaturated/α-hetero) is 1. The zero-order chi connectivity index (χ0) is 21.7. The van der Waals surface area contributed by atoms with E-state index in [-0.39, 0.29) is 34.7 Å². The van der Waals surface area contributed by atoms with Gasteiger partial charge in [0.05, 0.1) is 24.3 Å². The number of benzene rings is 1. The molecule has 0 saturated heterocycles. The van der Waals surface area contributed by atoms with Gasteiger partial charge in [0.2, 0.25) is 0 Å². The highest BCUT2D eigenvalue weighted by atomic mass is 28.4. The van der Waals surface area contributed by atoms with Crippen molar-refractivity contribution in [1.82, 2.24) is 9.55 Å². The Kier molecular flexibility index (Phi) is 5.52. The molecule has 1 unspecified atom stereocenters. The van der Waals surface area contributed by atoms with Gasteiger partial charge >= 0.3 is 0 Å². The van der Waals surface area contributed by atoms with E-state index in [2.05, 4.69) is 38.8 Å². The van der Waals surface area contributed by atoms with Crippen molar-refractivity contribution >= 4 is 14.1 Å². The number of ketones is 1. The second-order valence-corrected chi connectivity index (χ2v) is 15.2. The van der Waals surface area contributed by atoms with Crippen molar-refractivity contribution in [2.24, 2.45) is 5.92 Å². The fraction of sp³-hybridized carbons (Fsp3) is 0.583. The summed E-state index contributed by atoms with van der Waals surface area (Å²) in [6, 6.07) is 4.99. The summed E-state index contributed by atoms with van der Waals surface area (Å²) in [4.78, 5) is 17.4. The Hall–Kier alpha value is -1.79. The molecule has 2 heterocycles. The zero-order valence-corrected chi connectivity index (χ0v) is 19.7. The van der Waals surface area contributed by atoms with Crippen LogP contribution in [-0.4, -0.2) is 29.8 Å². The Bertz CT molecular complexity index is 939. The Morgan fingerprint density at radius 1 is 1.23 bits per heavy atom. The van der Waals surface area contributed by atoms with Gasteiger partial charge in [0.25, 0.3) is 0 Å². The van der Waals surface area contributed by atoms with Crippen LogP contribution >= 0.6 is 0 Å². The fourth-order valence-electron chi connectivity index (χ4n) is 4.65. The van der Waals surface area contributed by atoms with E-state index in [1.807, 2.05) is 10.6 Å². The molecule has 2 aliphatic rings. The van der Waals surface area contributed by atoms with E-state index in [4.69, 9.17) is 4.43 Å². The Balaban J connectivity index is 1.41. The molecule has 1 aromatic carbocycles. The second kappa shape index (κ2) is 7.72. The quantitative estimate of drug-likeness (QED) is 0.538. The van der Waals surface area contributed by atoms with Gasteiger partial charge < -0.3 is 8.99 Å². The molecule has 0 radical (unpaired) electrons. The van der Waals surface area contributed by atoms with Gasteiger partial charge in [0.15, 0.2) is 8.32 Å². The minimum Gasteiger partial charge on any atom is -0.414 e. The van der Waals surface area contributed by atoms with Gasteiger partial charge in [-0.05, 0) is 55.4 Å². The van der Waals surface area contributed by atoms with Crippen molar-refractivity contribution in [1.29, 1.82) is 0 Å². The summed E-state index contributed by atoms with van der Waals surface area (Å²) in [7, 11) is -1.78. The molecule has 30 heavy (non-hydrogen) atoms. The van der Waals surface area contributed by atoms with Crippen molar-refractivity contribution < 1.29 is 13.6 Å². The third kappa shape index (κ3) is 3.80. The van der Waals surface area contributed by atoms with Gasteiger partial charge in [-0.1, -0.05) is 32.9 Å². The number of hydrogen-bond acceptors (Lipinski definition) is 3. The van der Waals surface area contributed by atoms with E-state index in [0.717, 1.165) is 36.9 Å². The standard InChI is InChI=1S/C24H33FN2O2Si/c1-24(2,3)30(4,5)29-17-11-9-16(10-12-17)22(28)13-20-18-7-6-8-19(25)23(18)21-14-26-15-27(20)21/h6-8,14-17,20H,9-13H2,1-5H3. The van der Waals surface area contributed by atoms with E-state index >= 15 is 0 Å². The Labute approximate surface area is 180 Å². The highest BCUT2D eigenvalue weighted by molar-refractivity contribution is 6.74. The summed E-state index contributed by atoms with van der Waals surface area (Å²) in [5.41, 5.74) is 2.27. The molecule has 0 amide bonds. The van der Waals surface area contributed by atoms with E-state index in [9.17, 15) is 9.18 Å². The first-order valence-electron chi connectivity index (χ1n) is 11.1. The first kappa shape index (κ1) is 21.4. The van der Waals surface area contributed by atoms with Gasteiger partial charge in [-0.15, -0.1) is 0 Å². The third-order valence-electron chi connectivity index (χ3n) is 7.45. The van der Waals surface area contributed by atoms with Crippen LogP contribution in [0.4, 0.5) is 4.39 Å². The van der Waals surface area contributed by atoms with Crippen LogP contribution in [0, 0.1) is 11.7 Å². The van der Waals surface area contributed by atoms with E-state index in [1.165, 1.54) is 6.07 Å². The predicted octanol–water partition coefficient (Wildman–Crippen LogP) is 6.13. The number of carbonyl (C=O) groups excluding carboxylic acids is 1. The summed E-state index contributed by atoms with van der Waals surface area (Å²) >= 11 is 0.